The van der Waals surface area contributed by atoms with E-state index in [1.54, 1.807) is 22.8 Å². The zero-order valence-electron chi connectivity index (χ0n) is 18.1. The monoisotopic (exact) mass is 422 g/mol. The van der Waals surface area contributed by atoms with Gasteiger partial charge in [-0.15, -0.1) is 0 Å². The fourth-order valence-corrected chi connectivity index (χ4v) is 6.22. The molecule has 1 saturated heterocycles. The molecule has 0 saturated carbocycles. The second kappa shape index (κ2) is 9.00. The fourth-order valence-electron chi connectivity index (χ4n) is 4.38. The van der Waals surface area contributed by atoms with E-state index in [1.807, 2.05) is 11.8 Å². The van der Waals surface area contributed by atoms with Gasteiger partial charge in [0.2, 0.25) is 15.9 Å². The Hall–Kier alpha value is -1.67. The number of aryl methyl sites for hydroxylation is 1. The van der Waals surface area contributed by atoms with Crippen LogP contribution in [0.2, 0.25) is 0 Å². The maximum atomic E-state index is 13.2. The van der Waals surface area contributed by atoms with Crippen molar-refractivity contribution in [3.05, 3.63) is 23.2 Å². The van der Waals surface area contributed by atoms with Crippen molar-refractivity contribution in [2.45, 2.75) is 77.7 Å². The van der Waals surface area contributed by atoms with Gasteiger partial charge < -0.3 is 4.90 Å². The summed E-state index contributed by atoms with van der Waals surface area (Å²) in [6.45, 7) is 9.37. The molecule has 3 rings (SSSR count). The largest absolute Gasteiger partial charge is 0.315 e. The molecule has 1 aromatic heterocycles. The highest BCUT2D eigenvalue weighted by molar-refractivity contribution is 7.89. The lowest BCUT2D eigenvalue weighted by atomic mass is 10.0. The summed E-state index contributed by atoms with van der Waals surface area (Å²) in [5, 5.41) is 4.43. The fraction of sp³-hybridized carbons (Fsp3) is 0.714. The average molecular weight is 423 g/mol. The molecule has 0 aromatic carbocycles. The van der Waals surface area contributed by atoms with Gasteiger partial charge in [0.1, 0.15) is 11.4 Å². The number of nitrogens with zero attached hydrogens (tertiary/aromatic N) is 4. The van der Waals surface area contributed by atoms with Crippen molar-refractivity contribution >= 4 is 15.9 Å². The molecular formula is C21H34N4O3S. The molecule has 162 valence electrons. The van der Waals surface area contributed by atoms with E-state index in [0.29, 0.717) is 36.9 Å². The summed E-state index contributed by atoms with van der Waals surface area (Å²) in [6, 6.07) is 0. The number of amides is 1. The molecule has 0 unspecified atom stereocenters. The first kappa shape index (κ1) is 22.0. The number of hydrogen-bond donors (Lipinski definition) is 0. The highest BCUT2D eigenvalue weighted by Crippen LogP contribution is 2.28. The number of hydrogen-bond acceptors (Lipinski definition) is 4. The Labute approximate surface area is 174 Å². The molecule has 2 heterocycles. The third-order valence-corrected chi connectivity index (χ3v) is 8.32. The number of carbonyl (C=O) groups excluding carboxylic acids is 1. The van der Waals surface area contributed by atoms with E-state index in [1.165, 1.54) is 6.42 Å². The SMILES string of the molecule is CCN(C(=O)Cn1nc(C)c(S(=O)(=O)N2CCC(C)CC2)c1C)C1=CCCCC1. The third-order valence-electron chi connectivity index (χ3n) is 6.17. The van der Waals surface area contributed by atoms with Gasteiger partial charge in [-0.2, -0.15) is 9.40 Å². The van der Waals surface area contributed by atoms with Crippen molar-refractivity contribution in [2.24, 2.45) is 5.92 Å². The number of likely N-dealkylation sites (N-methyl/N-ethyl adjacent to an activating group) is 1. The van der Waals surface area contributed by atoms with Gasteiger partial charge in [-0.3, -0.25) is 9.48 Å². The average Bonchev–Trinajstić information content (AvgIpc) is 2.97. The Bertz CT molecular complexity index is 880. The summed E-state index contributed by atoms with van der Waals surface area (Å²) < 4.78 is 29.6. The molecule has 1 aliphatic carbocycles. The number of allylic oxidation sites excluding steroid dienone is 2. The van der Waals surface area contributed by atoms with Gasteiger partial charge in [0, 0.05) is 25.3 Å². The lowest BCUT2D eigenvalue weighted by molar-refractivity contribution is -0.130. The van der Waals surface area contributed by atoms with E-state index in [4.69, 9.17) is 0 Å². The second-order valence-electron chi connectivity index (χ2n) is 8.32. The minimum atomic E-state index is -3.59. The first-order valence-corrected chi connectivity index (χ1v) is 12.2. The van der Waals surface area contributed by atoms with Gasteiger partial charge in [0.05, 0.1) is 11.4 Å². The maximum absolute atomic E-state index is 13.2. The predicted octanol–water partition coefficient (Wildman–Crippen LogP) is 3.23. The Kier molecular flexibility index (Phi) is 6.83. The lowest BCUT2D eigenvalue weighted by Crippen LogP contribution is -2.38. The van der Waals surface area contributed by atoms with Crippen molar-refractivity contribution < 1.29 is 13.2 Å². The van der Waals surface area contributed by atoms with Gasteiger partial charge in [-0.25, -0.2) is 8.42 Å². The van der Waals surface area contributed by atoms with Crippen LogP contribution in [0, 0.1) is 19.8 Å². The number of piperidine rings is 1. The van der Waals surface area contributed by atoms with Crippen LogP contribution in [0.3, 0.4) is 0 Å². The number of rotatable bonds is 6. The molecule has 1 aliphatic heterocycles. The van der Waals surface area contributed by atoms with Crippen LogP contribution >= 0.6 is 0 Å². The summed E-state index contributed by atoms with van der Waals surface area (Å²) in [5.41, 5.74) is 2.09. The number of aromatic nitrogens is 2. The standard InChI is InChI=1S/C21H34N4O3S/c1-5-24(19-9-7-6-8-10-19)20(26)15-25-18(4)21(17(3)22-25)29(27,28)23-13-11-16(2)12-14-23/h9,16H,5-8,10-15H2,1-4H3. The second-order valence-corrected chi connectivity index (χ2v) is 10.2. The molecule has 1 amide bonds. The van der Waals surface area contributed by atoms with Gasteiger partial charge in [-0.05, 0) is 65.2 Å². The normalized spacial score (nSPS) is 19.2. The summed E-state index contributed by atoms with van der Waals surface area (Å²) >= 11 is 0. The molecule has 7 nitrogen and oxygen atoms in total. The van der Waals surface area contributed by atoms with Crippen LogP contribution in [0.4, 0.5) is 0 Å². The van der Waals surface area contributed by atoms with Crippen LogP contribution in [0.1, 0.15) is 63.8 Å². The Morgan fingerprint density at radius 2 is 1.93 bits per heavy atom. The van der Waals surface area contributed by atoms with E-state index >= 15 is 0 Å². The smallest absolute Gasteiger partial charge is 0.248 e. The van der Waals surface area contributed by atoms with Crippen LogP contribution in [0.25, 0.3) is 0 Å². The Morgan fingerprint density at radius 1 is 1.24 bits per heavy atom. The first-order chi connectivity index (χ1) is 13.8. The molecule has 29 heavy (non-hydrogen) atoms. The van der Waals surface area contributed by atoms with Crippen molar-refractivity contribution in [3.63, 3.8) is 0 Å². The van der Waals surface area contributed by atoms with Crippen LogP contribution in [-0.2, 0) is 21.4 Å². The molecule has 0 spiro atoms. The van der Waals surface area contributed by atoms with Gasteiger partial charge in [0.15, 0.2) is 0 Å². The molecule has 1 aromatic rings. The molecule has 8 heteroatoms. The molecule has 0 N–H and O–H groups in total. The van der Waals surface area contributed by atoms with Gasteiger partial charge in [0.25, 0.3) is 0 Å². The quantitative estimate of drug-likeness (QED) is 0.705. The Balaban J connectivity index is 1.82. The highest BCUT2D eigenvalue weighted by Gasteiger charge is 2.33. The number of carbonyl (C=O) groups is 1. The molecule has 0 radical (unpaired) electrons. The molecule has 2 aliphatic rings. The topological polar surface area (TPSA) is 75.5 Å². The molecule has 1 fully saturated rings. The summed E-state index contributed by atoms with van der Waals surface area (Å²) in [6.07, 6.45) is 8.11. The summed E-state index contributed by atoms with van der Waals surface area (Å²) in [4.78, 5) is 15.0. The van der Waals surface area contributed by atoms with Crippen molar-refractivity contribution in [1.82, 2.24) is 19.0 Å². The van der Waals surface area contributed by atoms with Crippen molar-refractivity contribution in [2.75, 3.05) is 19.6 Å². The van der Waals surface area contributed by atoms with Crippen LogP contribution in [0.15, 0.2) is 16.7 Å². The summed E-state index contributed by atoms with van der Waals surface area (Å²) in [5.74, 6) is 0.514. The van der Waals surface area contributed by atoms with Crippen LogP contribution < -0.4 is 0 Å². The van der Waals surface area contributed by atoms with Gasteiger partial charge >= 0.3 is 0 Å². The molecule has 0 bridgehead atoms. The molecular weight excluding hydrogens is 388 g/mol. The van der Waals surface area contributed by atoms with E-state index < -0.39 is 10.0 Å². The summed E-state index contributed by atoms with van der Waals surface area (Å²) in [7, 11) is -3.59. The number of sulfonamides is 1. The first-order valence-electron chi connectivity index (χ1n) is 10.8. The lowest BCUT2D eigenvalue weighted by Gasteiger charge is -2.29. The zero-order chi connectivity index (χ0) is 21.2. The van der Waals surface area contributed by atoms with E-state index in [9.17, 15) is 13.2 Å². The van der Waals surface area contributed by atoms with Crippen molar-refractivity contribution in [3.8, 4) is 0 Å². The van der Waals surface area contributed by atoms with E-state index in [0.717, 1.165) is 37.8 Å². The third kappa shape index (κ3) is 4.58. The Morgan fingerprint density at radius 3 is 2.52 bits per heavy atom. The predicted molar refractivity (Wildman–Crippen MR) is 113 cm³/mol. The van der Waals surface area contributed by atoms with E-state index in [2.05, 4.69) is 18.1 Å². The minimum Gasteiger partial charge on any atom is -0.315 e. The van der Waals surface area contributed by atoms with Crippen LogP contribution in [0.5, 0.6) is 0 Å². The van der Waals surface area contributed by atoms with E-state index in [-0.39, 0.29) is 17.3 Å². The van der Waals surface area contributed by atoms with Crippen molar-refractivity contribution in [1.29, 1.82) is 0 Å². The molecule has 0 atom stereocenters. The van der Waals surface area contributed by atoms with Gasteiger partial charge in [-0.1, -0.05) is 13.0 Å². The minimum absolute atomic E-state index is 0.0398. The van der Waals surface area contributed by atoms with Crippen LogP contribution in [-0.4, -0.2) is 52.9 Å². The zero-order valence-corrected chi connectivity index (χ0v) is 19.0. The maximum Gasteiger partial charge on any atom is 0.248 e. The highest BCUT2D eigenvalue weighted by atomic mass is 32.2.